The lowest BCUT2D eigenvalue weighted by Gasteiger charge is -2.18. The highest BCUT2D eigenvalue weighted by Crippen LogP contribution is 2.32. The summed E-state index contributed by atoms with van der Waals surface area (Å²) in [6.07, 6.45) is 6.20. The van der Waals surface area contributed by atoms with Gasteiger partial charge in [-0.3, -0.25) is 14.3 Å². The third kappa shape index (κ3) is 2.37. The monoisotopic (exact) mass is 326 g/mol. The number of thiazole rings is 1. The van der Waals surface area contributed by atoms with Gasteiger partial charge in [-0.2, -0.15) is 0 Å². The van der Waals surface area contributed by atoms with Gasteiger partial charge in [0.1, 0.15) is 11.5 Å². The van der Waals surface area contributed by atoms with Crippen LogP contribution in [0.3, 0.4) is 0 Å². The number of rotatable bonds is 2. The van der Waals surface area contributed by atoms with Crippen molar-refractivity contribution in [2.45, 2.75) is 45.6 Å². The molecule has 3 heterocycles. The zero-order chi connectivity index (χ0) is 16.0. The van der Waals surface area contributed by atoms with Crippen molar-refractivity contribution in [1.29, 1.82) is 0 Å². The SMILES string of the molecule is Cc1nc(C)c2cc(-c3cncs3)c(=O)n(C3CCCC3)c2n1. The molecular weight excluding hydrogens is 308 g/mol. The normalized spacial score (nSPS) is 15.6. The van der Waals surface area contributed by atoms with Crippen molar-refractivity contribution >= 4 is 22.4 Å². The molecule has 0 unspecified atom stereocenters. The molecule has 3 aromatic rings. The summed E-state index contributed by atoms with van der Waals surface area (Å²) in [6, 6.07) is 2.18. The summed E-state index contributed by atoms with van der Waals surface area (Å²) < 4.78 is 1.92. The van der Waals surface area contributed by atoms with E-state index in [0.717, 1.165) is 34.4 Å². The van der Waals surface area contributed by atoms with E-state index in [4.69, 9.17) is 0 Å². The van der Waals surface area contributed by atoms with Gasteiger partial charge in [0.15, 0.2) is 0 Å². The molecule has 0 bridgehead atoms. The lowest BCUT2D eigenvalue weighted by Crippen LogP contribution is -2.26. The molecule has 0 radical (unpaired) electrons. The molecule has 0 amide bonds. The first-order chi connectivity index (χ1) is 11.1. The van der Waals surface area contributed by atoms with Crippen LogP contribution in [0.25, 0.3) is 21.5 Å². The van der Waals surface area contributed by atoms with E-state index in [0.29, 0.717) is 11.4 Å². The zero-order valence-corrected chi connectivity index (χ0v) is 14.1. The smallest absolute Gasteiger partial charge is 0.261 e. The summed E-state index contributed by atoms with van der Waals surface area (Å²) in [5.74, 6) is 0.715. The molecule has 0 saturated heterocycles. The molecule has 0 aromatic carbocycles. The van der Waals surface area contributed by atoms with Crippen molar-refractivity contribution < 1.29 is 0 Å². The van der Waals surface area contributed by atoms with E-state index in [9.17, 15) is 4.79 Å². The van der Waals surface area contributed by atoms with Crippen LogP contribution >= 0.6 is 11.3 Å². The highest BCUT2D eigenvalue weighted by Gasteiger charge is 2.23. The van der Waals surface area contributed by atoms with Crippen LogP contribution in [0.5, 0.6) is 0 Å². The Morgan fingerprint density at radius 3 is 2.70 bits per heavy atom. The molecule has 0 aliphatic heterocycles. The van der Waals surface area contributed by atoms with Crippen LogP contribution in [0.2, 0.25) is 0 Å². The molecule has 4 rings (SSSR count). The van der Waals surface area contributed by atoms with Crippen LogP contribution in [0.1, 0.15) is 43.2 Å². The Hall–Kier alpha value is -2.08. The van der Waals surface area contributed by atoms with Gasteiger partial charge in [-0.25, -0.2) is 9.97 Å². The highest BCUT2D eigenvalue weighted by molar-refractivity contribution is 7.13. The Morgan fingerprint density at radius 1 is 1.22 bits per heavy atom. The molecule has 1 fully saturated rings. The summed E-state index contributed by atoms with van der Waals surface area (Å²) in [5.41, 5.74) is 4.22. The van der Waals surface area contributed by atoms with E-state index >= 15 is 0 Å². The van der Waals surface area contributed by atoms with Gasteiger partial charge in [0.2, 0.25) is 0 Å². The fourth-order valence-corrected chi connectivity index (χ4v) is 4.14. The number of aryl methyl sites for hydroxylation is 2. The summed E-state index contributed by atoms with van der Waals surface area (Å²) in [6.45, 7) is 3.87. The second-order valence-corrected chi connectivity index (χ2v) is 7.02. The van der Waals surface area contributed by atoms with Crippen LogP contribution < -0.4 is 5.56 Å². The Balaban J connectivity index is 2.10. The van der Waals surface area contributed by atoms with Crippen LogP contribution in [0, 0.1) is 13.8 Å². The molecule has 23 heavy (non-hydrogen) atoms. The van der Waals surface area contributed by atoms with E-state index < -0.39 is 0 Å². The first-order valence-corrected chi connectivity index (χ1v) is 8.82. The fraction of sp³-hybridized carbons (Fsp3) is 0.412. The van der Waals surface area contributed by atoms with Crippen LogP contribution in [-0.4, -0.2) is 19.5 Å². The van der Waals surface area contributed by atoms with Gasteiger partial charge in [0.25, 0.3) is 5.56 Å². The highest BCUT2D eigenvalue weighted by atomic mass is 32.1. The summed E-state index contributed by atoms with van der Waals surface area (Å²) in [7, 11) is 0. The van der Waals surface area contributed by atoms with E-state index in [1.807, 2.05) is 24.5 Å². The minimum atomic E-state index is 0.0474. The largest absolute Gasteiger partial charge is 0.289 e. The van der Waals surface area contributed by atoms with Crippen molar-refractivity contribution in [3.63, 3.8) is 0 Å². The fourth-order valence-electron chi connectivity index (χ4n) is 3.51. The minimum absolute atomic E-state index is 0.0474. The second kappa shape index (κ2) is 5.53. The number of hydrogen-bond donors (Lipinski definition) is 0. The molecule has 6 heteroatoms. The third-order valence-electron chi connectivity index (χ3n) is 4.58. The first kappa shape index (κ1) is 14.5. The molecule has 5 nitrogen and oxygen atoms in total. The lowest BCUT2D eigenvalue weighted by atomic mass is 10.1. The Kier molecular flexibility index (Phi) is 3.49. The molecule has 0 N–H and O–H groups in total. The Bertz CT molecular complexity index is 924. The summed E-state index contributed by atoms with van der Waals surface area (Å²) in [5, 5.41) is 0.963. The van der Waals surface area contributed by atoms with E-state index in [1.165, 1.54) is 24.2 Å². The predicted octanol–water partition coefficient (Wildman–Crippen LogP) is 3.65. The van der Waals surface area contributed by atoms with E-state index in [1.54, 1.807) is 11.7 Å². The van der Waals surface area contributed by atoms with Gasteiger partial charge in [-0.1, -0.05) is 12.8 Å². The molecule has 118 valence electrons. The van der Waals surface area contributed by atoms with Gasteiger partial charge in [-0.15, -0.1) is 11.3 Å². The molecule has 0 atom stereocenters. The summed E-state index contributed by atoms with van der Waals surface area (Å²) >= 11 is 1.49. The van der Waals surface area contributed by atoms with Crippen LogP contribution in [0.4, 0.5) is 0 Å². The number of nitrogens with zero attached hydrogens (tertiary/aromatic N) is 4. The van der Waals surface area contributed by atoms with Crippen molar-refractivity contribution in [3.05, 3.63) is 39.6 Å². The van der Waals surface area contributed by atoms with Crippen molar-refractivity contribution in [3.8, 4) is 10.4 Å². The van der Waals surface area contributed by atoms with Crippen molar-refractivity contribution in [2.24, 2.45) is 0 Å². The lowest BCUT2D eigenvalue weighted by molar-refractivity contribution is 0.516. The number of aromatic nitrogens is 4. The average Bonchev–Trinajstić information content (AvgIpc) is 3.20. The minimum Gasteiger partial charge on any atom is -0.289 e. The Morgan fingerprint density at radius 2 is 2.00 bits per heavy atom. The molecule has 3 aromatic heterocycles. The zero-order valence-electron chi connectivity index (χ0n) is 13.2. The maximum absolute atomic E-state index is 13.2. The van der Waals surface area contributed by atoms with Gasteiger partial charge in [0, 0.05) is 17.6 Å². The number of fused-ring (bicyclic) bond motifs is 1. The average molecular weight is 326 g/mol. The van der Waals surface area contributed by atoms with Crippen LogP contribution in [-0.2, 0) is 0 Å². The first-order valence-electron chi connectivity index (χ1n) is 7.94. The molecule has 1 aliphatic rings. The van der Waals surface area contributed by atoms with Crippen LogP contribution in [0.15, 0.2) is 22.6 Å². The molecule has 1 aliphatic carbocycles. The maximum atomic E-state index is 13.2. The quantitative estimate of drug-likeness (QED) is 0.721. The topological polar surface area (TPSA) is 60.7 Å². The second-order valence-electron chi connectivity index (χ2n) is 6.13. The van der Waals surface area contributed by atoms with Crippen molar-refractivity contribution in [2.75, 3.05) is 0 Å². The molecular formula is C17H18N4OS. The standard InChI is InChI=1S/C17H18N4OS/c1-10-13-7-14(15-8-18-9-23-15)17(22)21(12-5-3-4-6-12)16(13)20-11(2)19-10/h7-9,12H,3-6H2,1-2H3. The summed E-state index contributed by atoms with van der Waals surface area (Å²) in [4.78, 5) is 27.3. The maximum Gasteiger partial charge on any atom is 0.261 e. The predicted molar refractivity (Wildman–Crippen MR) is 91.9 cm³/mol. The third-order valence-corrected chi connectivity index (χ3v) is 5.39. The number of pyridine rings is 1. The number of hydrogen-bond acceptors (Lipinski definition) is 5. The van der Waals surface area contributed by atoms with Gasteiger partial charge in [-0.05, 0) is 32.8 Å². The van der Waals surface area contributed by atoms with Crippen molar-refractivity contribution in [1.82, 2.24) is 19.5 Å². The van der Waals surface area contributed by atoms with Gasteiger partial charge >= 0.3 is 0 Å². The molecule has 0 spiro atoms. The van der Waals surface area contributed by atoms with Gasteiger partial charge in [0.05, 0.1) is 21.6 Å². The van der Waals surface area contributed by atoms with E-state index in [-0.39, 0.29) is 11.6 Å². The van der Waals surface area contributed by atoms with Gasteiger partial charge < -0.3 is 0 Å². The Labute approximate surface area is 138 Å². The molecule has 1 saturated carbocycles. The van der Waals surface area contributed by atoms with E-state index in [2.05, 4.69) is 15.0 Å².